The number of thioether (sulfide) groups is 1. The van der Waals surface area contributed by atoms with Crippen molar-refractivity contribution in [1.82, 2.24) is 15.2 Å². The Morgan fingerprint density at radius 3 is 2.74 bits per heavy atom. The molecule has 7 heteroatoms. The molecule has 0 aliphatic rings. The van der Waals surface area contributed by atoms with Crippen molar-refractivity contribution in [3.05, 3.63) is 30.1 Å². The average molecular weight is 281 g/mol. The van der Waals surface area contributed by atoms with Crippen molar-refractivity contribution in [3.63, 3.8) is 0 Å². The number of carboxylic acid groups (broad SMARTS) is 1. The summed E-state index contributed by atoms with van der Waals surface area (Å²) < 4.78 is 12.8. The van der Waals surface area contributed by atoms with Crippen molar-refractivity contribution < 1.29 is 14.3 Å². The SMILES string of the molecule is CCC(Sc1n[nH]c(-c2ccc(F)cc2)n1)C(=O)O. The molecule has 1 unspecified atom stereocenters. The van der Waals surface area contributed by atoms with Gasteiger partial charge in [-0.05, 0) is 30.7 Å². The Balaban J connectivity index is 2.15. The summed E-state index contributed by atoms with van der Waals surface area (Å²) in [4.78, 5) is 15.1. The third kappa shape index (κ3) is 3.31. The molecule has 0 saturated heterocycles. The summed E-state index contributed by atoms with van der Waals surface area (Å²) in [6.07, 6.45) is 0.487. The van der Waals surface area contributed by atoms with E-state index in [-0.39, 0.29) is 5.82 Å². The molecule has 0 amide bonds. The second kappa shape index (κ2) is 5.83. The van der Waals surface area contributed by atoms with Crippen LogP contribution in [0.1, 0.15) is 13.3 Å². The highest BCUT2D eigenvalue weighted by Crippen LogP contribution is 2.24. The first-order valence-electron chi connectivity index (χ1n) is 5.68. The second-order valence-electron chi connectivity index (χ2n) is 3.83. The van der Waals surface area contributed by atoms with Gasteiger partial charge in [-0.15, -0.1) is 5.10 Å². The Morgan fingerprint density at radius 2 is 2.16 bits per heavy atom. The van der Waals surface area contributed by atoms with E-state index in [4.69, 9.17) is 5.11 Å². The number of benzene rings is 1. The minimum Gasteiger partial charge on any atom is -0.480 e. The van der Waals surface area contributed by atoms with Crippen LogP contribution in [-0.2, 0) is 4.79 Å². The van der Waals surface area contributed by atoms with E-state index >= 15 is 0 Å². The van der Waals surface area contributed by atoms with Gasteiger partial charge in [0.15, 0.2) is 5.82 Å². The fourth-order valence-corrected chi connectivity index (χ4v) is 2.24. The van der Waals surface area contributed by atoms with Crippen LogP contribution < -0.4 is 0 Å². The number of aromatic amines is 1. The first kappa shape index (κ1) is 13.5. The maximum Gasteiger partial charge on any atom is 0.317 e. The normalized spacial score (nSPS) is 12.3. The number of H-pyrrole nitrogens is 1. The molecule has 0 aliphatic heterocycles. The van der Waals surface area contributed by atoms with E-state index in [0.717, 1.165) is 11.8 Å². The third-order valence-electron chi connectivity index (χ3n) is 2.48. The molecule has 1 aromatic heterocycles. The van der Waals surface area contributed by atoms with Crippen molar-refractivity contribution in [2.75, 3.05) is 0 Å². The van der Waals surface area contributed by atoms with E-state index in [1.165, 1.54) is 12.1 Å². The molecule has 1 aromatic carbocycles. The molecule has 0 spiro atoms. The van der Waals surface area contributed by atoms with Gasteiger partial charge in [0, 0.05) is 5.56 Å². The van der Waals surface area contributed by atoms with Gasteiger partial charge in [-0.2, -0.15) is 0 Å². The molecule has 0 radical (unpaired) electrons. The van der Waals surface area contributed by atoms with E-state index in [9.17, 15) is 9.18 Å². The summed E-state index contributed by atoms with van der Waals surface area (Å²) in [5.41, 5.74) is 0.698. The fourth-order valence-electron chi connectivity index (χ4n) is 1.47. The zero-order valence-electron chi connectivity index (χ0n) is 10.1. The smallest absolute Gasteiger partial charge is 0.317 e. The Hall–Kier alpha value is -1.89. The van der Waals surface area contributed by atoms with Crippen LogP contribution in [0.25, 0.3) is 11.4 Å². The second-order valence-corrected chi connectivity index (χ2v) is 5.00. The highest BCUT2D eigenvalue weighted by atomic mass is 32.2. The molecule has 0 fully saturated rings. The van der Waals surface area contributed by atoms with E-state index in [2.05, 4.69) is 15.2 Å². The first-order valence-corrected chi connectivity index (χ1v) is 6.56. The van der Waals surface area contributed by atoms with Crippen LogP contribution >= 0.6 is 11.8 Å². The zero-order chi connectivity index (χ0) is 13.8. The number of aromatic nitrogens is 3. The molecule has 5 nitrogen and oxygen atoms in total. The van der Waals surface area contributed by atoms with E-state index in [0.29, 0.717) is 23.0 Å². The minimum atomic E-state index is -0.888. The number of nitrogens with one attached hydrogen (secondary N) is 1. The molecule has 1 atom stereocenters. The number of rotatable bonds is 5. The van der Waals surface area contributed by atoms with Gasteiger partial charge in [0.25, 0.3) is 0 Å². The predicted molar refractivity (Wildman–Crippen MR) is 69.3 cm³/mol. The highest BCUT2D eigenvalue weighted by Gasteiger charge is 2.19. The third-order valence-corrected chi connectivity index (χ3v) is 3.69. The Bertz CT molecular complexity index is 571. The monoisotopic (exact) mass is 281 g/mol. The molecule has 0 bridgehead atoms. The highest BCUT2D eigenvalue weighted by molar-refractivity contribution is 8.00. The van der Waals surface area contributed by atoms with Crippen molar-refractivity contribution in [1.29, 1.82) is 0 Å². The average Bonchev–Trinajstić information content (AvgIpc) is 2.85. The summed E-state index contributed by atoms with van der Waals surface area (Å²) >= 11 is 1.09. The van der Waals surface area contributed by atoms with E-state index in [1.807, 2.05) is 0 Å². The molecule has 2 N–H and O–H groups in total. The Morgan fingerprint density at radius 1 is 1.47 bits per heavy atom. The van der Waals surface area contributed by atoms with Gasteiger partial charge in [-0.3, -0.25) is 9.89 Å². The molecule has 0 saturated carbocycles. The van der Waals surface area contributed by atoms with Gasteiger partial charge >= 0.3 is 5.97 Å². The maximum absolute atomic E-state index is 12.8. The number of carboxylic acids is 1. The lowest BCUT2D eigenvalue weighted by atomic mass is 10.2. The van der Waals surface area contributed by atoms with E-state index in [1.54, 1.807) is 19.1 Å². The molecule has 0 aliphatic carbocycles. The lowest BCUT2D eigenvalue weighted by molar-refractivity contribution is -0.136. The Kier molecular flexibility index (Phi) is 4.16. The quantitative estimate of drug-likeness (QED) is 0.823. The minimum absolute atomic E-state index is 0.324. The van der Waals surface area contributed by atoms with Crippen molar-refractivity contribution in [2.24, 2.45) is 0 Å². The van der Waals surface area contributed by atoms with Gasteiger partial charge < -0.3 is 5.11 Å². The lowest BCUT2D eigenvalue weighted by Crippen LogP contribution is -2.14. The van der Waals surface area contributed by atoms with Crippen LogP contribution in [0.2, 0.25) is 0 Å². The van der Waals surface area contributed by atoms with Gasteiger partial charge in [0.2, 0.25) is 5.16 Å². The summed E-state index contributed by atoms with van der Waals surface area (Å²) in [7, 11) is 0. The molecule has 100 valence electrons. The van der Waals surface area contributed by atoms with Crippen LogP contribution in [0.4, 0.5) is 4.39 Å². The largest absolute Gasteiger partial charge is 0.480 e. The molecule has 1 heterocycles. The number of hydrogen-bond acceptors (Lipinski definition) is 4. The van der Waals surface area contributed by atoms with Gasteiger partial charge in [-0.1, -0.05) is 18.7 Å². The summed E-state index contributed by atoms with van der Waals surface area (Å²) in [5.74, 6) is -0.724. The molecule has 2 aromatic rings. The maximum atomic E-state index is 12.8. The number of halogens is 1. The summed E-state index contributed by atoms with van der Waals surface area (Å²) in [5, 5.41) is 15.4. The summed E-state index contributed by atoms with van der Waals surface area (Å²) in [6, 6.07) is 5.82. The summed E-state index contributed by atoms with van der Waals surface area (Å²) in [6.45, 7) is 1.79. The van der Waals surface area contributed by atoms with Crippen molar-refractivity contribution >= 4 is 17.7 Å². The lowest BCUT2D eigenvalue weighted by Gasteiger charge is -2.04. The van der Waals surface area contributed by atoms with Gasteiger partial charge in [-0.25, -0.2) is 9.37 Å². The first-order chi connectivity index (χ1) is 9.10. The van der Waals surface area contributed by atoms with Crippen LogP contribution in [0.15, 0.2) is 29.4 Å². The van der Waals surface area contributed by atoms with Gasteiger partial charge in [0.1, 0.15) is 11.1 Å². The number of aliphatic carboxylic acids is 1. The van der Waals surface area contributed by atoms with Gasteiger partial charge in [0.05, 0.1) is 0 Å². The van der Waals surface area contributed by atoms with E-state index < -0.39 is 11.2 Å². The number of nitrogens with zero attached hydrogens (tertiary/aromatic N) is 2. The zero-order valence-corrected chi connectivity index (χ0v) is 10.9. The van der Waals surface area contributed by atoms with Crippen LogP contribution in [-0.4, -0.2) is 31.5 Å². The van der Waals surface area contributed by atoms with Crippen LogP contribution in [0, 0.1) is 5.82 Å². The Labute approximate surface area is 113 Å². The number of carbonyl (C=O) groups is 1. The number of hydrogen-bond donors (Lipinski definition) is 2. The van der Waals surface area contributed by atoms with Crippen molar-refractivity contribution in [2.45, 2.75) is 23.8 Å². The molecular weight excluding hydrogens is 269 g/mol. The topological polar surface area (TPSA) is 78.9 Å². The molecular formula is C12H12FN3O2S. The van der Waals surface area contributed by atoms with Crippen LogP contribution in [0.5, 0.6) is 0 Å². The molecule has 2 rings (SSSR count). The predicted octanol–water partition coefficient (Wildman–Crippen LogP) is 2.57. The molecule has 19 heavy (non-hydrogen) atoms. The fraction of sp³-hybridized carbons (Fsp3) is 0.250. The standard InChI is InChI=1S/C12H12FN3O2S/c1-2-9(11(17)18)19-12-14-10(15-16-12)7-3-5-8(13)6-4-7/h3-6,9H,2H2,1H3,(H,17,18)(H,14,15,16). The van der Waals surface area contributed by atoms with Crippen molar-refractivity contribution in [3.8, 4) is 11.4 Å². The van der Waals surface area contributed by atoms with Crippen LogP contribution in [0.3, 0.4) is 0 Å².